The second-order valence-corrected chi connectivity index (χ2v) is 9.78. The molecule has 5 atom stereocenters. The molecule has 1 unspecified atom stereocenters. The lowest BCUT2D eigenvalue weighted by Gasteiger charge is -2.39. The highest BCUT2D eigenvalue weighted by atomic mass is 19.1. The molecule has 1 amide bonds. The van der Waals surface area contributed by atoms with Crippen LogP contribution in [0.5, 0.6) is 0 Å². The number of allylic oxidation sites excluding steroid dienone is 1. The molecule has 1 aromatic carbocycles. The predicted octanol–water partition coefficient (Wildman–Crippen LogP) is 2.98. The number of amides is 1. The average Bonchev–Trinajstić information content (AvgIpc) is 3.29. The van der Waals surface area contributed by atoms with Crippen LogP contribution in [0.3, 0.4) is 0 Å². The first kappa shape index (κ1) is 22.7. The number of hydrogen-bond acceptors (Lipinski definition) is 6. The maximum absolute atomic E-state index is 13.9. The van der Waals surface area contributed by atoms with Crippen LogP contribution in [-0.4, -0.2) is 50.1 Å². The van der Waals surface area contributed by atoms with Crippen LogP contribution in [0, 0.1) is 11.7 Å². The molecule has 178 valence electrons. The minimum Gasteiger partial charge on any atom is -0.482 e. The van der Waals surface area contributed by atoms with Gasteiger partial charge in [0.25, 0.3) is 5.91 Å². The molecule has 0 spiro atoms. The number of ether oxygens (including phenoxy) is 1. The van der Waals surface area contributed by atoms with Gasteiger partial charge in [-0.05, 0) is 56.5 Å². The zero-order chi connectivity index (χ0) is 24.4. The van der Waals surface area contributed by atoms with Crippen molar-refractivity contribution in [1.29, 1.82) is 0 Å². The number of pyridine rings is 1. The van der Waals surface area contributed by atoms with Crippen LogP contribution in [0.1, 0.15) is 49.9 Å². The Balaban J connectivity index is 1.49. The summed E-state index contributed by atoms with van der Waals surface area (Å²) in [6.45, 7) is 5.61. The molecule has 0 bridgehead atoms. The Kier molecular flexibility index (Phi) is 5.35. The Morgan fingerprint density at radius 2 is 1.91 bits per heavy atom. The average molecular weight is 467 g/mol. The van der Waals surface area contributed by atoms with Gasteiger partial charge < -0.3 is 25.4 Å². The minimum atomic E-state index is -1.16. The summed E-state index contributed by atoms with van der Waals surface area (Å²) >= 11 is 0. The van der Waals surface area contributed by atoms with E-state index in [0.717, 1.165) is 16.8 Å². The quantitative estimate of drug-likeness (QED) is 0.507. The number of carbonyl (C=O) groups is 1. The van der Waals surface area contributed by atoms with E-state index >= 15 is 0 Å². The number of anilines is 1. The van der Waals surface area contributed by atoms with E-state index < -0.39 is 29.7 Å². The molecule has 2 aliphatic heterocycles. The smallest absolute Gasteiger partial charge is 0.260 e. The third kappa shape index (κ3) is 3.62. The van der Waals surface area contributed by atoms with E-state index in [1.165, 1.54) is 18.2 Å². The Morgan fingerprint density at radius 3 is 2.62 bits per heavy atom. The number of carbonyl (C=O) groups excluding carboxylic acids is 1. The van der Waals surface area contributed by atoms with Gasteiger partial charge in [-0.1, -0.05) is 13.0 Å². The van der Waals surface area contributed by atoms with Crippen LogP contribution in [0.2, 0.25) is 0 Å². The summed E-state index contributed by atoms with van der Waals surface area (Å²) < 4.78 is 20.0. The lowest BCUT2D eigenvalue weighted by Crippen LogP contribution is -2.48. The van der Waals surface area contributed by atoms with Crippen molar-refractivity contribution in [1.82, 2.24) is 4.98 Å². The van der Waals surface area contributed by atoms with E-state index in [-0.39, 0.29) is 17.7 Å². The summed E-state index contributed by atoms with van der Waals surface area (Å²) in [5, 5.41) is 33.1. The molecule has 1 aliphatic carbocycles. The highest BCUT2D eigenvalue weighted by Crippen LogP contribution is 2.45. The number of rotatable bonds is 2. The maximum atomic E-state index is 13.9. The van der Waals surface area contributed by atoms with Crippen LogP contribution in [0.4, 0.5) is 10.1 Å². The van der Waals surface area contributed by atoms with Gasteiger partial charge in [-0.2, -0.15) is 0 Å². The molecular weight excluding hydrogens is 439 g/mol. The second-order valence-electron chi connectivity index (χ2n) is 9.78. The summed E-state index contributed by atoms with van der Waals surface area (Å²) in [5.74, 6) is -0.875. The van der Waals surface area contributed by atoms with Crippen molar-refractivity contribution >= 4 is 22.7 Å². The van der Waals surface area contributed by atoms with E-state index in [0.29, 0.717) is 29.0 Å². The molecule has 0 saturated heterocycles. The Hall–Kier alpha value is -3.07. The van der Waals surface area contributed by atoms with Crippen LogP contribution < -0.4 is 5.32 Å². The molecule has 0 radical (unpaired) electrons. The number of aliphatic hydroxyl groups excluding tert-OH is 3. The fourth-order valence-electron chi connectivity index (χ4n) is 5.17. The molecule has 8 heteroatoms. The summed E-state index contributed by atoms with van der Waals surface area (Å²) in [4.78, 5) is 17.2. The molecular formula is C26H27FN2O5. The van der Waals surface area contributed by atoms with Crippen LogP contribution in [-0.2, 0) is 9.53 Å². The standard InChI is InChI=1S/C26H27FN2O5/c1-12-15(9-20(30)24(32)23(12)31)18-6-4-13(11-28-18)17-10-21(34-26(17,2)3)22-16-8-14(27)5-7-19(16)29-25(22)33/h4-8,10-12,15,20,23-24,30-32H,9H2,1-3H3,(H,29,33)/b22-21+/t12-,15?,20-,23-,24+/m1/s1. The number of nitrogens with zero attached hydrogens (tertiary/aromatic N) is 1. The zero-order valence-electron chi connectivity index (χ0n) is 19.1. The van der Waals surface area contributed by atoms with Gasteiger partial charge in [0.1, 0.15) is 23.3 Å². The van der Waals surface area contributed by atoms with Crippen molar-refractivity contribution in [3.8, 4) is 0 Å². The molecule has 3 aliphatic rings. The van der Waals surface area contributed by atoms with Crippen molar-refractivity contribution in [3.05, 3.63) is 71.0 Å². The number of benzene rings is 1. The van der Waals surface area contributed by atoms with Gasteiger partial charge >= 0.3 is 0 Å². The predicted molar refractivity (Wildman–Crippen MR) is 124 cm³/mol. The minimum absolute atomic E-state index is 0.199. The number of halogens is 1. The summed E-state index contributed by atoms with van der Waals surface area (Å²) in [6, 6.07) is 7.89. The first-order valence-electron chi connectivity index (χ1n) is 11.3. The van der Waals surface area contributed by atoms with Gasteiger partial charge in [0, 0.05) is 40.2 Å². The van der Waals surface area contributed by atoms with Crippen LogP contribution in [0.15, 0.2) is 48.4 Å². The van der Waals surface area contributed by atoms with E-state index in [2.05, 4.69) is 10.3 Å². The number of aromatic nitrogens is 1. The summed E-state index contributed by atoms with van der Waals surface area (Å²) in [6.07, 6.45) is 0.605. The van der Waals surface area contributed by atoms with E-state index in [1.807, 2.05) is 32.9 Å². The third-order valence-corrected chi connectivity index (χ3v) is 7.15. The van der Waals surface area contributed by atoms with Gasteiger partial charge in [0.05, 0.1) is 17.8 Å². The Morgan fingerprint density at radius 1 is 1.15 bits per heavy atom. The van der Waals surface area contributed by atoms with Crippen molar-refractivity contribution in [3.63, 3.8) is 0 Å². The number of nitrogens with one attached hydrogen (secondary N) is 1. The molecule has 34 heavy (non-hydrogen) atoms. The van der Waals surface area contributed by atoms with Gasteiger partial charge in [0.2, 0.25) is 0 Å². The summed E-state index contributed by atoms with van der Waals surface area (Å²) in [5.41, 5.74) is 2.88. The van der Waals surface area contributed by atoms with Crippen molar-refractivity contribution < 1.29 is 29.2 Å². The molecule has 1 aromatic heterocycles. The van der Waals surface area contributed by atoms with E-state index in [4.69, 9.17) is 4.74 Å². The second kappa shape index (κ2) is 8.01. The fourth-order valence-corrected chi connectivity index (χ4v) is 5.17. The number of aliphatic hydroxyl groups is 3. The Bertz CT molecular complexity index is 1220. The van der Waals surface area contributed by atoms with Crippen molar-refractivity contribution in [2.24, 2.45) is 5.92 Å². The molecule has 1 fully saturated rings. The first-order valence-corrected chi connectivity index (χ1v) is 11.3. The van der Waals surface area contributed by atoms with E-state index in [9.17, 15) is 24.5 Å². The normalized spacial score (nSPS) is 32.1. The molecule has 4 N–H and O–H groups in total. The van der Waals surface area contributed by atoms with Crippen LogP contribution >= 0.6 is 0 Å². The van der Waals surface area contributed by atoms with Gasteiger partial charge in [-0.25, -0.2) is 4.39 Å². The highest BCUT2D eigenvalue weighted by Gasteiger charge is 2.42. The zero-order valence-corrected chi connectivity index (χ0v) is 19.1. The molecule has 7 nitrogen and oxygen atoms in total. The number of fused-ring (bicyclic) bond motifs is 1. The largest absolute Gasteiger partial charge is 0.482 e. The molecule has 5 rings (SSSR count). The topological polar surface area (TPSA) is 112 Å². The highest BCUT2D eigenvalue weighted by molar-refractivity contribution is 6.32. The van der Waals surface area contributed by atoms with Gasteiger partial charge in [0.15, 0.2) is 0 Å². The first-order chi connectivity index (χ1) is 16.1. The van der Waals surface area contributed by atoms with Crippen LogP contribution in [0.25, 0.3) is 11.1 Å². The van der Waals surface area contributed by atoms with Gasteiger partial charge in [-0.3, -0.25) is 9.78 Å². The SMILES string of the molecule is C[C@@H]1C(c2ccc(C3=C/C(=C4\C(=O)Nc5ccc(F)cc54)OC3(C)C)cn2)C[C@@H](O)[C@H](O)[C@@H]1O. The lowest BCUT2D eigenvalue weighted by atomic mass is 9.73. The van der Waals surface area contributed by atoms with Crippen molar-refractivity contribution in [2.75, 3.05) is 5.32 Å². The van der Waals surface area contributed by atoms with E-state index in [1.54, 1.807) is 12.3 Å². The third-order valence-electron chi connectivity index (χ3n) is 7.15. The maximum Gasteiger partial charge on any atom is 0.260 e. The molecule has 3 heterocycles. The molecule has 2 aromatic rings. The Labute approximate surface area is 196 Å². The monoisotopic (exact) mass is 466 g/mol. The lowest BCUT2D eigenvalue weighted by molar-refractivity contribution is -0.114. The van der Waals surface area contributed by atoms with Gasteiger partial charge in [-0.15, -0.1) is 0 Å². The number of hydrogen-bond donors (Lipinski definition) is 4. The molecule has 1 saturated carbocycles. The summed E-state index contributed by atoms with van der Waals surface area (Å²) in [7, 11) is 0. The van der Waals surface area contributed by atoms with Crippen molar-refractivity contribution in [2.45, 2.75) is 57.0 Å². The fraction of sp³-hybridized carbons (Fsp3) is 0.385.